The minimum absolute atomic E-state index is 0.00699. The lowest BCUT2D eigenvalue weighted by molar-refractivity contribution is -0.127. The fraction of sp³-hybridized carbons (Fsp3) is 0.688. The van der Waals surface area contributed by atoms with Gasteiger partial charge in [0.2, 0.25) is 11.8 Å². The number of nitrogens with one attached hydrogen (secondary N) is 2. The van der Waals surface area contributed by atoms with Gasteiger partial charge in [0.25, 0.3) is 0 Å². The number of carbonyl (C=O) groups is 2. The van der Waals surface area contributed by atoms with Crippen molar-refractivity contribution < 1.29 is 9.59 Å². The summed E-state index contributed by atoms with van der Waals surface area (Å²) in [7, 11) is 0. The summed E-state index contributed by atoms with van der Waals surface area (Å²) in [6.07, 6.45) is 2.79. The summed E-state index contributed by atoms with van der Waals surface area (Å²) in [6, 6.07) is 0. The van der Waals surface area contributed by atoms with Crippen LogP contribution in [0.25, 0.3) is 0 Å². The van der Waals surface area contributed by atoms with E-state index in [9.17, 15) is 9.59 Å². The molecule has 1 saturated heterocycles. The highest BCUT2D eigenvalue weighted by molar-refractivity contribution is 7.15. The lowest BCUT2D eigenvalue weighted by Gasteiger charge is -2.31. The van der Waals surface area contributed by atoms with Crippen LogP contribution in [0.3, 0.4) is 0 Å². The Morgan fingerprint density at radius 2 is 2.17 bits per heavy atom. The highest BCUT2D eigenvalue weighted by Gasteiger charge is 2.26. The highest BCUT2D eigenvalue weighted by Crippen LogP contribution is 2.21. The molecule has 6 nitrogen and oxygen atoms in total. The Kier molecular flexibility index (Phi) is 6.53. The molecule has 2 amide bonds. The molecule has 1 atom stereocenters. The van der Waals surface area contributed by atoms with Crippen molar-refractivity contribution in [2.45, 2.75) is 40.0 Å². The molecular formula is C16H26N4O2S. The van der Waals surface area contributed by atoms with Crippen LogP contribution >= 0.6 is 11.3 Å². The van der Waals surface area contributed by atoms with Gasteiger partial charge in [0, 0.05) is 18.0 Å². The summed E-state index contributed by atoms with van der Waals surface area (Å²) >= 11 is 1.49. The van der Waals surface area contributed by atoms with Crippen molar-refractivity contribution in [1.82, 2.24) is 15.2 Å². The van der Waals surface area contributed by atoms with Crippen LogP contribution in [0, 0.1) is 19.8 Å². The third-order valence-electron chi connectivity index (χ3n) is 4.07. The van der Waals surface area contributed by atoms with E-state index in [-0.39, 0.29) is 17.7 Å². The number of rotatable bonds is 6. The van der Waals surface area contributed by atoms with Gasteiger partial charge in [-0.25, -0.2) is 4.98 Å². The Labute approximate surface area is 141 Å². The number of hydrogen-bond donors (Lipinski definition) is 2. The SMILES string of the molecule is CCCNC(=O)C1CCCN(CC(=O)Nc2nc(C)c(C)s2)C1. The molecule has 0 aromatic carbocycles. The minimum Gasteiger partial charge on any atom is -0.356 e. The number of aryl methyl sites for hydroxylation is 2. The fourth-order valence-electron chi connectivity index (χ4n) is 2.69. The lowest BCUT2D eigenvalue weighted by Crippen LogP contribution is -2.45. The van der Waals surface area contributed by atoms with Crippen LogP contribution in [0.4, 0.5) is 5.13 Å². The molecular weight excluding hydrogens is 312 g/mol. The first-order chi connectivity index (χ1) is 11.0. The summed E-state index contributed by atoms with van der Waals surface area (Å²) in [5.41, 5.74) is 0.955. The van der Waals surface area contributed by atoms with Gasteiger partial charge in [0.1, 0.15) is 0 Å². The van der Waals surface area contributed by atoms with Crippen molar-refractivity contribution in [2.75, 3.05) is 31.5 Å². The second kappa shape index (κ2) is 8.40. The van der Waals surface area contributed by atoms with E-state index in [1.165, 1.54) is 11.3 Å². The first-order valence-corrected chi connectivity index (χ1v) is 9.05. The third kappa shape index (κ3) is 5.28. The molecule has 1 aromatic heterocycles. The van der Waals surface area contributed by atoms with E-state index in [4.69, 9.17) is 0 Å². The van der Waals surface area contributed by atoms with Crippen molar-refractivity contribution in [3.63, 3.8) is 0 Å². The van der Waals surface area contributed by atoms with Crippen molar-refractivity contribution in [1.29, 1.82) is 0 Å². The Morgan fingerprint density at radius 1 is 1.39 bits per heavy atom. The summed E-state index contributed by atoms with van der Waals surface area (Å²) in [6.45, 7) is 8.52. The van der Waals surface area contributed by atoms with Crippen LogP contribution in [0.2, 0.25) is 0 Å². The number of hydrogen-bond acceptors (Lipinski definition) is 5. The van der Waals surface area contributed by atoms with Crippen LogP contribution in [0.15, 0.2) is 0 Å². The molecule has 1 unspecified atom stereocenters. The van der Waals surface area contributed by atoms with E-state index >= 15 is 0 Å². The first kappa shape index (κ1) is 17.9. The van der Waals surface area contributed by atoms with Gasteiger partial charge in [0.15, 0.2) is 5.13 Å². The molecule has 0 aliphatic carbocycles. The van der Waals surface area contributed by atoms with E-state index in [2.05, 4.69) is 20.5 Å². The molecule has 0 bridgehead atoms. The lowest BCUT2D eigenvalue weighted by atomic mass is 9.97. The number of thiazole rings is 1. The van der Waals surface area contributed by atoms with E-state index in [0.717, 1.165) is 42.9 Å². The number of carbonyl (C=O) groups excluding carboxylic acids is 2. The topological polar surface area (TPSA) is 74.3 Å². The van der Waals surface area contributed by atoms with Crippen LogP contribution in [0.1, 0.15) is 36.8 Å². The number of aromatic nitrogens is 1. The predicted molar refractivity (Wildman–Crippen MR) is 92.7 cm³/mol. The fourth-order valence-corrected chi connectivity index (χ4v) is 3.52. The quantitative estimate of drug-likeness (QED) is 0.831. The number of amides is 2. The third-order valence-corrected chi connectivity index (χ3v) is 5.06. The van der Waals surface area contributed by atoms with Crippen LogP contribution in [-0.2, 0) is 9.59 Å². The average Bonchev–Trinajstić information content (AvgIpc) is 2.82. The summed E-state index contributed by atoms with van der Waals surface area (Å²) in [4.78, 5) is 31.7. The second-order valence-corrected chi connectivity index (χ2v) is 7.28. The molecule has 0 saturated carbocycles. The number of nitrogens with zero attached hydrogens (tertiary/aromatic N) is 2. The predicted octanol–water partition coefficient (Wildman–Crippen LogP) is 1.94. The van der Waals surface area contributed by atoms with Gasteiger partial charge in [-0.2, -0.15) is 0 Å². The van der Waals surface area contributed by atoms with Gasteiger partial charge in [-0.1, -0.05) is 6.92 Å². The van der Waals surface area contributed by atoms with Crippen molar-refractivity contribution in [3.8, 4) is 0 Å². The van der Waals surface area contributed by atoms with Crippen LogP contribution < -0.4 is 10.6 Å². The van der Waals surface area contributed by atoms with Gasteiger partial charge in [-0.05, 0) is 39.7 Å². The monoisotopic (exact) mass is 338 g/mol. The van der Waals surface area contributed by atoms with E-state index in [1.54, 1.807) is 0 Å². The van der Waals surface area contributed by atoms with Crippen LogP contribution in [-0.4, -0.2) is 47.9 Å². The Hall–Kier alpha value is -1.47. The van der Waals surface area contributed by atoms with Crippen LogP contribution in [0.5, 0.6) is 0 Å². The molecule has 1 aliphatic rings. The first-order valence-electron chi connectivity index (χ1n) is 8.23. The second-order valence-electron chi connectivity index (χ2n) is 6.07. The summed E-state index contributed by atoms with van der Waals surface area (Å²) in [5.74, 6) is 0.0453. The number of anilines is 1. The zero-order chi connectivity index (χ0) is 16.8. The summed E-state index contributed by atoms with van der Waals surface area (Å²) in [5, 5.41) is 6.46. The average molecular weight is 338 g/mol. The molecule has 0 spiro atoms. The maximum Gasteiger partial charge on any atom is 0.240 e. The van der Waals surface area contributed by atoms with Gasteiger partial charge in [-0.15, -0.1) is 11.3 Å². The van der Waals surface area contributed by atoms with E-state index in [1.807, 2.05) is 20.8 Å². The maximum absolute atomic E-state index is 12.2. The Morgan fingerprint density at radius 3 is 2.83 bits per heavy atom. The van der Waals surface area contributed by atoms with Crippen molar-refractivity contribution in [2.24, 2.45) is 5.92 Å². The smallest absolute Gasteiger partial charge is 0.240 e. The molecule has 1 aliphatic heterocycles. The molecule has 2 heterocycles. The Bertz CT molecular complexity index is 539. The van der Waals surface area contributed by atoms with E-state index < -0.39 is 0 Å². The molecule has 2 rings (SSSR count). The van der Waals surface area contributed by atoms with Gasteiger partial charge in [-0.3, -0.25) is 14.5 Å². The van der Waals surface area contributed by atoms with Gasteiger partial charge < -0.3 is 10.6 Å². The number of likely N-dealkylation sites (tertiary alicyclic amines) is 1. The molecule has 1 aromatic rings. The number of piperidine rings is 1. The zero-order valence-electron chi connectivity index (χ0n) is 14.1. The molecule has 0 radical (unpaired) electrons. The molecule has 2 N–H and O–H groups in total. The molecule has 23 heavy (non-hydrogen) atoms. The standard InChI is InChI=1S/C16H26N4O2S/c1-4-7-17-15(22)13-6-5-8-20(9-13)10-14(21)19-16-18-11(2)12(3)23-16/h13H,4-10H2,1-3H3,(H,17,22)(H,18,19,21). The zero-order valence-corrected chi connectivity index (χ0v) is 15.0. The maximum atomic E-state index is 12.2. The molecule has 1 fully saturated rings. The van der Waals surface area contributed by atoms with E-state index in [0.29, 0.717) is 18.2 Å². The largest absolute Gasteiger partial charge is 0.356 e. The highest BCUT2D eigenvalue weighted by atomic mass is 32.1. The van der Waals surface area contributed by atoms with Gasteiger partial charge in [0.05, 0.1) is 18.2 Å². The minimum atomic E-state index is -0.0617. The normalized spacial score (nSPS) is 18.7. The van der Waals surface area contributed by atoms with Gasteiger partial charge >= 0.3 is 0 Å². The summed E-state index contributed by atoms with van der Waals surface area (Å²) < 4.78 is 0. The molecule has 128 valence electrons. The van der Waals surface area contributed by atoms with Crippen molar-refractivity contribution in [3.05, 3.63) is 10.6 Å². The Balaban J connectivity index is 1.82. The molecule has 7 heteroatoms. The van der Waals surface area contributed by atoms with Crippen molar-refractivity contribution >= 4 is 28.3 Å².